The summed E-state index contributed by atoms with van der Waals surface area (Å²) in [4.78, 5) is 12.2. The van der Waals surface area contributed by atoms with Crippen LogP contribution in [0.25, 0.3) is 0 Å². The first-order valence-corrected chi connectivity index (χ1v) is 5.14. The van der Waals surface area contributed by atoms with Crippen molar-refractivity contribution in [1.29, 1.82) is 0 Å². The van der Waals surface area contributed by atoms with Gasteiger partial charge in [-0.1, -0.05) is 18.2 Å². The lowest BCUT2D eigenvalue weighted by Gasteiger charge is -2.04. The average molecular weight is 216 g/mol. The maximum Gasteiger partial charge on any atom is 0.230 e. The second-order valence-electron chi connectivity index (χ2n) is 3.13. The third-order valence-corrected chi connectivity index (χ3v) is 1.76. The lowest BCUT2D eigenvalue weighted by Crippen LogP contribution is -2.03. The molecule has 0 atom stereocenters. The third kappa shape index (κ3) is 4.04. The molecule has 1 rings (SSSR count). The number of aromatic nitrogens is 3. The standard InChI is InChI=1S/C12H16N4/c1-4-6-8-11(7-5-2)16-12-14-9-13-10(3)15-12/h4-9H,1-3H3,(H,13,14,15,16)/b6-4-,7-5-,11-8+. The van der Waals surface area contributed by atoms with Crippen molar-refractivity contribution in [1.82, 2.24) is 15.0 Å². The van der Waals surface area contributed by atoms with Crippen molar-refractivity contribution in [3.63, 3.8) is 0 Å². The number of allylic oxidation sites excluding steroid dienone is 5. The van der Waals surface area contributed by atoms with E-state index in [1.807, 2.05) is 51.2 Å². The maximum atomic E-state index is 4.17. The van der Waals surface area contributed by atoms with Crippen LogP contribution in [0, 0.1) is 6.92 Å². The summed E-state index contributed by atoms with van der Waals surface area (Å²) in [7, 11) is 0. The normalized spacial score (nSPS) is 12.6. The molecule has 1 N–H and O–H groups in total. The van der Waals surface area contributed by atoms with Gasteiger partial charge in [0.15, 0.2) is 0 Å². The monoisotopic (exact) mass is 216 g/mol. The molecule has 0 aliphatic rings. The Hall–Kier alpha value is -1.97. The Labute approximate surface area is 95.9 Å². The number of nitrogens with zero attached hydrogens (tertiary/aromatic N) is 3. The Morgan fingerprint density at radius 3 is 2.69 bits per heavy atom. The van der Waals surface area contributed by atoms with Gasteiger partial charge < -0.3 is 5.32 Å². The SMILES string of the molecule is C\C=C/C=C(\C=C/C)Nc1ncnc(C)n1. The van der Waals surface area contributed by atoms with Crippen LogP contribution in [0.4, 0.5) is 5.95 Å². The molecule has 0 saturated carbocycles. The molecule has 0 aromatic carbocycles. The van der Waals surface area contributed by atoms with Crippen LogP contribution in [-0.4, -0.2) is 15.0 Å². The minimum atomic E-state index is 0.557. The van der Waals surface area contributed by atoms with Crippen LogP contribution in [0.15, 0.2) is 42.4 Å². The van der Waals surface area contributed by atoms with Gasteiger partial charge in [-0.15, -0.1) is 0 Å². The van der Waals surface area contributed by atoms with Crippen LogP contribution >= 0.6 is 0 Å². The van der Waals surface area contributed by atoms with Crippen LogP contribution < -0.4 is 5.32 Å². The summed E-state index contributed by atoms with van der Waals surface area (Å²) in [5, 5.41) is 3.12. The molecule has 0 spiro atoms. The van der Waals surface area contributed by atoms with Crippen LogP contribution in [0.5, 0.6) is 0 Å². The van der Waals surface area contributed by atoms with Gasteiger partial charge in [-0.25, -0.2) is 9.97 Å². The summed E-state index contributed by atoms with van der Waals surface area (Å²) in [5.41, 5.74) is 0.936. The van der Waals surface area contributed by atoms with Crippen molar-refractivity contribution in [2.24, 2.45) is 0 Å². The topological polar surface area (TPSA) is 50.7 Å². The van der Waals surface area contributed by atoms with Gasteiger partial charge in [0, 0.05) is 5.70 Å². The number of hydrogen-bond acceptors (Lipinski definition) is 4. The first-order chi connectivity index (χ1) is 7.76. The zero-order valence-electron chi connectivity index (χ0n) is 9.81. The van der Waals surface area contributed by atoms with E-state index in [1.165, 1.54) is 6.33 Å². The second kappa shape index (κ2) is 6.50. The molecular weight excluding hydrogens is 200 g/mol. The fourth-order valence-electron chi connectivity index (χ4n) is 1.09. The van der Waals surface area contributed by atoms with Gasteiger partial charge in [0.2, 0.25) is 5.95 Å². The second-order valence-corrected chi connectivity index (χ2v) is 3.13. The molecular formula is C12H16N4. The predicted octanol–water partition coefficient (Wildman–Crippen LogP) is 2.63. The summed E-state index contributed by atoms with van der Waals surface area (Å²) < 4.78 is 0. The minimum absolute atomic E-state index is 0.557. The molecule has 0 aliphatic carbocycles. The van der Waals surface area contributed by atoms with Crippen molar-refractivity contribution in [2.45, 2.75) is 20.8 Å². The zero-order chi connectivity index (χ0) is 11.8. The third-order valence-electron chi connectivity index (χ3n) is 1.76. The molecule has 0 bridgehead atoms. The fraction of sp³-hybridized carbons (Fsp3) is 0.250. The Morgan fingerprint density at radius 2 is 2.06 bits per heavy atom. The molecule has 4 heteroatoms. The van der Waals surface area contributed by atoms with E-state index in [1.54, 1.807) is 0 Å². The minimum Gasteiger partial charge on any atom is -0.324 e. The molecule has 0 aliphatic heterocycles. The summed E-state index contributed by atoms with van der Waals surface area (Å²) in [6.45, 7) is 5.76. The molecule has 0 fully saturated rings. The van der Waals surface area contributed by atoms with E-state index >= 15 is 0 Å². The Balaban J connectivity index is 2.83. The van der Waals surface area contributed by atoms with E-state index in [2.05, 4.69) is 20.3 Å². The van der Waals surface area contributed by atoms with Crippen LogP contribution in [0.3, 0.4) is 0 Å². The van der Waals surface area contributed by atoms with Gasteiger partial charge in [-0.2, -0.15) is 4.98 Å². The highest BCUT2D eigenvalue weighted by atomic mass is 15.1. The highest BCUT2D eigenvalue weighted by Crippen LogP contribution is 2.04. The van der Waals surface area contributed by atoms with E-state index in [4.69, 9.17) is 0 Å². The molecule has 1 aromatic heterocycles. The average Bonchev–Trinajstić information content (AvgIpc) is 2.26. The fourth-order valence-corrected chi connectivity index (χ4v) is 1.09. The summed E-state index contributed by atoms with van der Waals surface area (Å²) in [6, 6.07) is 0. The van der Waals surface area contributed by atoms with Crippen molar-refractivity contribution in [2.75, 3.05) is 5.32 Å². The Kier molecular flexibility index (Phi) is 4.92. The molecule has 1 heterocycles. The quantitative estimate of drug-likeness (QED) is 0.786. The van der Waals surface area contributed by atoms with Crippen LogP contribution in [-0.2, 0) is 0 Å². The Bertz CT molecular complexity index is 419. The van der Waals surface area contributed by atoms with Crippen LogP contribution in [0.2, 0.25) is 0 Å². The predicted molar refractivity (Wildman–Crippen MR) is 65.9 cm³/mol. The number of rotatable bonds is 4. The first-order valence-electron chi connectivity index (χ1n) is 5.14. The number of aryl methyl sites for hydroxylation is 1. The molecule has 0 unspecified atom stereocenters. The van der Waals surface area contributed by atoms with E-state index in [0.29, 0.717) is 11.8 Å². The van der Waals surface area contributed by atoms with Crippen LogP contribution in [0.1, 0.15) is 19.7 Å². The van der Waals surface area contributed by atoms with Crippen molar-refractivity contribution < 1.29 is 0 Å². The summed E-state index contributed by atoms with van der Waals surface area (Å²) >= 11 is 0. The van der Waals surface area contributed by atoms with Gasteiger partial charge >= 0.3 is 0 Å². The Morgan fingerprint density at radius 1 is 1.25 bits per heavy atom. The maximum absolute atomic E-state index is 4.17. The smallest absolute Gasteiger partial charge is 0.230 e. The van der Waals surface area contributed by atoms with E-state index in [9.17, 15) is 0 Å². The molecule has 84 valence electrons. The highest BCUT2D eigenvalue weighted by Gasteiger charge is 1.97. The van der Waals surface area contributed by atoms with Crippen molar-refractivity contribution in [3.05, 3.63) is 48.2 Å². The lowest BCUT2D eigenvalue weighted by atomic mass is 10.3. The van der Waals surface area contributed by atoms with Gasteiger partial charge in [0.1, 0.15) is 12.2 Å². The molecule has 0 amide bonds. The number of anilines is 1. The largest absolute Gasteiger partial charge is 0.324 e. The highest BCUT2D eigenvalue weighted by molar-refractivity contribution is 5.40. The molecule has 0 radical (unpaired) electrons. The van der Waals surface area contributed by atoms with Gasteiger partial charge in [0.05, 0.1) is 0 Å². The number of nitrogens with one attached hydrogen (secondary N) is 1. The lowest BCUT2D eigenvalue weighted by molar-refractivity contribution is 0.978. The molecule has 4 nitrogen and oxygen atoms in total. The van der Waals surface area contributed by atoms with E-state index < -0.39 is 0 Å². The first kappa shape index (κ1) is 12.1. The summed E-state index contributed by atoms with van der Waals surface area (Å²) in [5.74, 6) is 1.25. The molecule has 16 heavy (non-hydrogen) atoms. The van der Waals surface area contributed by atoms with E-state index in [0.717, 1.165) is 5.70 Å². The van der Waals surface area contributed by atoms with Gasteiger partial charge in [-0.3, -0.25) is 0 Å². The van der Waals surface area contributed by atoms with Crippen molar-refractivity contribution >= 4 is 5.95 Å². The molecule has 1 aromatic rings. The van der Waals surface area contributed by atoms with E-state index in [-0.39, 0.29) is 0 Å². The van der Waals surface area contributed by atoms with Gasteiger partial charge in [0.25, 0.3) is 0 Å². The van der Waals surface area contributed by atoms with Gasteiger partial charge in [-0.05, 0) is 32.9 Å². The summed E-state index contributed by atoms with van der Waals surface area (Å²) in [6.07, 6.45) is 11.3. The molecule has 0 saturated heterocycles. The van der Waals surface area contributed by atoms with Crippen molar-refractivity contribution in [3.8, 4) is 0 Å². The zero-order valence-corrected chi connectivity index (χ0v) is 9.81. The number of hydrogen-bond donors (Lipinski definition) is 1.